The topological polar surface area (TPSA) is 41.5 Å². The highest BCUT2D eigenvalue weighted by Gasteiger charge is 2.15. The van der Waals surface area contributed by atoms with E-state index >= 15 is 0 Å². The molecule has 1 fully saturated rings. The Bertz CT molecular complexity index is 440. The number of aliphatic imine (C=N–C) groups is 1. The Kier molecular flexibility index (Phi) is 2.73. The number of amides is 1. The summed E-state index contributed by atoms with van der Waals surface area (Å²) in [7, 11) is 0. The summed E-state index contributed by atoms with van der Waals surface area (Å²) >= 11 is 5.98. The van der Waals surface area contributed by atoms with Crippen LogP contribution >= 0.6 is 11.6 Å². The van der Waals surface area contributed by atoms with Gasteiger partial charge in [0.25, 0.3) is 0 Å². The molecule has 0 radical (unpaired) electrons. The zero-order valence-corrected chi connectivity index (χ0v) is 9.14. The second-order valence-electron chi connectivity index (χ2n) is 3.57. The first-order valence-electron chi connectivity index (χ1n) is 4.74. The molecule has 0 atom stereocenters. The lowest BCUT2D eigenvalue weighted by Gasteiger charge is -1.99. The van der Waals surface area contributed by atoms with E-state index in [1.54, 1.807) is 0 Å². The number of carbonyl (C=O) groups is 1. The van der Waals surface area contributed by atoms with Gasteiger partial charge in [0.15, 0.2) is 0 Å². The maximum Gasteiger partial charge on any atom is 0.226 e. The number of nitrogens with zero attached hydrogens (tertiary/aromatic N) is 1. The summed E-state index contributed by atoms with van der Waals surface area (Å²) in [4.78, 5) is 15.3. The molecule has 3 nitrogen and oxygen atoms in total. The fourth-order valence-electron chi connectivity index (χ4n) is 1.42. The van der Waals surface area contributed by atoms with E-state index in [4.69, 9.17) is 11.6 Å². The number of carbonyl (C=O) groups excluding carboxylic acids is 1. The lowest BCUT2D eigenvalue weighted by atomic mass is 10.2. The van der Waals surface area contributed by atoms with E-state index in [1.807, 2.05) is 25.1 Å². The largest absolute Gasteiger partial charge is 0.350 e. The molecule has 0 unspecified atom stereocenters. The maximum absolute atomic E-state index is 10.9. The van der Waals surface area contributed by atoms with Gasteiger partial charge in [0.05, 0.1) is 18.7 Å². The standard InChI is InChI=1S/C11H11ClN2O/c1-7-2-3-8(4-10(7)12)14-9-5-11(15)13-6-9/h2-4H,5-6H2,1H3,(H,13,15). The fraction of sp³-hybridized carbons (Fsp3) is 0.273. The van der Waals surface area contributed by atoms with Crippen LogP contribution in [0.15, 0.2) is 23.2 Å². The number of hydrogen-bond acceptors (Lipinski definition) is 2. The molecule has 78 valence electrons. The van der Waals surface area contributed by atoms with E-state index in [1.165, 1.54) is 0 Å². The highest BCUT2D eigenvalue weighted by Crippen LogP contribution is 2.22. The third kappa shape index (κ3) is 2.36. The van der Waals surface area contributed by atoms with Gasteiger partial charge in [-0.05, 0) is 24.6 Å². The number of hydrogen-bond donors (Lipinski definition) is 1. The van der Waals surface area contributed by atoms with Gasteiger partial charge in [0, 0.05) is 10.7 Å². The number of nitrogens with one attached hydrogen (secondary N) is 1. The highest BCUT2D eigenvalue weighted by molar-refractivity contribution is 6.31. The van der Waals surface area contributed by atoms with Crippen LogP contribution in [0.25, 0.3) is 0 Å². The van der Waals surface area contributed by atoms with Crippen LogP contribution in [-0.2, 0) is 4.79 Å². The summed E-state index contributed by atoms with van der Waals surface area (Å²) < 4.78 is 0. The van der Waals surface area contributed by atoms with Gasteiger partial charge in [-0.1, -0.05) is 17.7 Å². The molecule has 2 rings (SSSR count). The van der Waals surface area contributed by atoms with Crippen molar-refractivity contribution in [1.82, 2.24) is 5.32 Å². The van der Waals surface area contributed by atoms with E-state index in [0.29, 0.717) is 18.0 Å². The normalized spacial score (nSPS) is 18.3. The summed E-state index contributed by atoms with van der Waals surface area (Å²) in [5.41, 5.74) is 2.69. The van der Waals surface area contributed by atoms with Crippen LogP contribution in [0.1, 0.15) is 12.0 Å². The van der Waals surface area contributed by atoms with Crippen molar-refractivity contribution in [3.63, 3.8) is 0 Å². The molecule has 1 aromatic rings. The average Bonchev–Trinajstić information content (AvgIpc) is 2.58. The van der Waals surface area contributed by atoms with Gasteiger partial charge in [-0.2, -0.15) is 0 Å². The van der Waals surface area contributed by atoms with Crippen LogP contribution < -0.4 is 5.32 Å². The van der Waals surface area contributed by atoms with Crippen LogP contribution in [-0.4, -0.2) is 18.2 Å². The van der Waals surface area contributed by atoms with Crippen molar-refractivity contribution in [3.8, 4) is 0 Å². The first kappa shape index (κ1) is 10.2. The van der Waals surface area contributed by atoms with Gasteiger partial charge in [0.1, 0.15) is 0 Å². The summed E-state index contributed by atoms with van der Waals surface area (Å²) in [5.74, 6) is 0.0342. The van der Waals surface area contributed by atoms with Gasteiger partial charge < -0.3 is 5.32 Å². The van der Waals surface area contributed by atoms with E-state index in [0.717, 1.165) is 17.0 Å². The lowest BCUT2D eigenvalue weighted by Crippen LogP contribution is -2.13. The van der Waals surface area contributed by atoms with Crippen LogP contribution in [0.3, 0.4) is 0 Å². The third-order valence-electron chi connectivity index (χ3n) is 2.30. The summed E-state index contributed by atoms with van der Waals surface area (Å²) in [5, 5.41) is 3.42. The molecule has 1 amide bonds. The minimum absolute atomic E-state index is 0.0342. The summed E-state index contributed by atoms with van der Waals surface area (Å²) in [6, 6.07) is 5.63. The molecule has 0 aromatic heterocycles. The quantitative estimate of drug-likeness (QED) is 0.778. The monoisotopic (exact) mass is 222 g/mol. The molecule has 0 spiro atoms. The van der Waals surface area contributed by atoms with Crippen molar-refractivity contribution in [2.45, 2.75) is 13.3 Å². The van der Waals surface area contributed by atoms with Crippen molar-refractivity contribution in [1.29, 1.82) is 0 Å². The molecule has 15 heavy (non-hydrogen) atoms. The first-order valence-corrected chi connectivity index (χ1v) is 5.12. The molecule has 1 aliphatic heterocycles. The Morgan fingerprint density at radius 1 is 1.47 bits per heavy atom. The Morgan fingerprint density at radius 3 is 2.87 bits per heavy atom. The predicted octanol–water partition coefficient (Wildman–Crippen LogP) is 2.24. The molecule has 0 bridgehead atoms. The number of halogens is 1. The van der Waals surface area contributed by atoms with Crippen LogP contribution in [0.2, 0.25) is 5.02 Å². The molecule has 0 aliphatic carbocycles. The Balaban J connectivity index is 2.24. The fourth-order valence-corrected chi connectivity index (χ4v) is 1.60. The molecule has 1 N–H and O–H groups in total. The maximum atomic E-state index is 10.9. The van der Waals surface area contributed by atoms with Gasteiger partial charge in [-0.25, -0.2) is 0 Å². The van der Waals surface area contributed by atoms with Gasteiger partial charge in [-0.3, -0.25) is 9.79 Å². The molecule has 4 heteroatoms. The number of rotatable bonds is 1. The van der Waals surface area contributed by atoms with Crippen LogP contribution in [0.4, 0.5) is 5.69 Å². The molecule has 0 saturated carbocycles. The molecular weight excluding hydrogens is 212 g/mol. The zero-order chi connectivity index (χ0) is 10.8. The van der Waals surface area contributed by atoms with E-state index in [9.17, 15) is 4.79 Å². The highest BCUT2D eigenvalue weighted by atomic mass is 35.5. The Morgan fingerprint density at radius 2 is 2.27 bits per heavy atom. The van der Waals surface area contributed by atoms with E-state index in [-0.39, 0.29) is 5.91 Å². The van der Waals surface area contributed by atoms with Crippen LogP contribution in [0, 0.1) is 6.92 Å². The lowest BCUT2D eigenvalue weighted by molar-refractivity contribution is -0.118. The minimum Gasteiger partial charge on any atom is -0.350 e. The second-order valence-corrected chi connectivity index (χ2v) is 3.97. The van der Waals surface area contributed by atoms with Crippen molar-refractivity contribution < 1.29 is 4.79 Å². The molecule has 1 aromatic carbocycles. The Labute approximate surface area is 93.2 Å². The van der Waals surface area contributed by atoms with Gasteiger partial charge >= 0.3 is 0 Å². The molecule has 1 aliphatic rings. The van der Waals surface area contributed by atoms with E-state index < -0.39 is 0 Å². The van der Waals surface area contributed by atoms with Crippen molar-refractivity contribution in [3.05, 3.63) is 28.8 Å². The average molecular weight is 223 g/mol. The van der Waals surface area contributed by atoms with Crippen molar-refractivity contribution in [2.24, 2.45) is 4.99 Å². The van der Waals surface area contributed by atoms with Crippen molar-refractivity contribution >= 4 is 28.9 Å². The van der Waals surface area contributed by atoms with Gasteiger partial charge in [-0.15, -0.1) is 0 Å². The Hall–Kier alpha value is -1.35. The molecular formula is C11H11ClN2O. The third-order valence-corrected chi connectivity index (χ3v) is 2.70. The number of benzene rings is 1. The van der Waals surface area contributed by atoms with Gasteiger partial charge in [0.2, 0.25) is 5.91 Å². The molecule has 1 heterocycles. The minimum atomic E-state index is 0.0342. The number of aryl methyl sites for hydroxylation is 1. The van der Waals surface area contributed by atoms with Crippen LogP contribution in [0.5, 0.6) is 0 Å². The first-order chi connectivity index (χ1) is 7.15. The van der Waals surface area contributed by atoms with Crippen molar-refractivity contribution in [2.75, 3.05) is 6.54 Å². The van der Waals surface area contributed by atoms with E-state index in [2.05, 4.69) is 10.3 Å². The predicted molar refractivity (Wildman–Crippen MR) is 60.9 cm³/mol. The second kappa shape index (κ2) is 4.03. The summed E-state index contributed by atoms with van der Waals surface area (Å²) in [6.07, 6.45) is 0.394. The smallest absolute Gasteiger partial charge is 0.226 e. The summed E-state index contributed by atoms with van der Waals surface area (Å²) in [6.45, 7) is 2.49. The zero-order valence-electron chi connectivity index (χ0n) is 8.38. The SMILES string of the molecule is Cc1ccc(N=C2CNC(=O)C2)cc1Cl. The molecule has 1 saturated heterocycles.